The molecule has 1 aromatic heterocycles. The number of aromatic carboxylic acids is 1. The molecule has 2 N–H and O–H groups in total. The zero-order valence-corrected chi connectivity index (χ0v) is 10.7. The third kappa shape index (κ3) is 1.77. The molecule has 1 fully saturated rings. The van der Waals surface area contributed by atoms with Crippen molar-refractivity contribution in [2.75, 3.05) is 0 Å². The predicted octanol–water partition coefficient (Wildman–Crippen LogP) is 2.39. The van der Waals surface area contributed by atoms with Crippen LogP contribution in [0.4, 0.5) is 0 Å². The Hall–Kier alpha value is -2.04. The maximum atomic E-state index is 12.1. The molecule has 1 atom stereocenters. The van der Waals surface area contributed by atoms with Crippen molar-refractivity contribution in [3.63, 3.8) is 0 Å². The third-order valence-electron chi connectivity index (χ3n) is 4.22. The van der Waals surface area contributed by atoms with Gasteiger partial charge in [0.1, 0.15) is 0 Å². The van der Waals surface area contributed by atoms with Gasteiger partial charge >= 0.3 is 11.7 Å². The van der Waals surface area contributed by atoms with Crippen LogP contribution in [0.3, 0.4) is 0 Å². The number of benzene rings is 1. The van der Waals surface area contributed by atoms with Crippen LogP contribution in [-0.2, 0) is 0 Å². The number of hydrogen-bond acceptors (Lipinski definition) is 2. The molecule has 1 heterocycles. The predicted molar refractivity (Wildman–Crippen MR) is 71.6 cm³/mol. The van der Waals surface area contributed by atoms with E-state index in [4.69, 9.17) is 5.11 Å². The average Bonchev–Trinajstić information content (AvgIpc) is 2.61. The van der Waals surface area contributed by atoms with Gasteiger partial charge in [-0.1, -0.05) is 12.5 Å². The second kappa shape index (κ2) is 4.26. The lowest BCUT2D eigenvalue weighted by molar-refractivity contribution is 0.0699. The summed E-state index contributed by atoms with van der Waals surface area (Å²) in [5.74, 6) is -0.500. The van der Waals surface area contributed by atoms with Crippen LogP contribution < -0.4 is 5.69 Å². The number of aromatic nitrogens is 2. The summed E-state index contributed by atoms with van der Waals surface area (Å²) in [6.07, 6.45) is 3.49. The number of carboxylic acids is 1. The monoisotopic (exact) mass is 260 g/mol. The number of aromatic amines is 1. The van der Waals surface area contributed by atoms with Gasteiger partial charge in [0.15, 0.2) is 0 Å². The van der Waals surface area contributed by atoms with E-state index in [1.54, 1.807) is 16.7 Å². The van der Waals surface area contributed by atoms with E-state index in [9.17, 15) is 9.59 Å². The third-order valence-corrected chi connectivity index (χ3v) is 4.22. The first-order chi connectivity index (χ1) is 9.09. The first-order valence-corrected chi connectivity index (χ1v) is 6.56. The van der Waals surface area contributed by atoms with Crippen molar-refractivity contribution in [1.82, 2.24) is 9.55 Å². The summed E-state index contributed by atoms with van der Waals surface area (Å²) in [6.45, 7) is 2.03. The average molecular weight is 260 g/mol. The van der Waals surface area contributed by atoms with Gasteiger partial charge in [-0.05, 0) is 37.8 Å². The number of hydrogen-bond donors (Lipinski definition) is 2. The second-order valence-corrected chi connectivity index (χ2v) is 5.24. The molecule has 0 bridgehead atoms. The van der Waals surface area contributed by atoms with Crippen molar-refractivity contribution in [2.45, 2.75) is 32.2 Å². The molecule has 3 rings (SSSR count). The highest BCUT2D eigenvalue weighted by Gasteiger charge is 2.28. The van der Waals surface area contributed by atoms with Crippen LogP contribution in [0.5, 0.6) is 0 Å². The number of carbonyl (C=O) groups is 1. The van der Waals surface area contributed by atoms with Crippen LogP contribution in [0.2, 0.25) is 0 Å². The Bertz CT molecular complexity index is 694. The van der Waals surface area contributed by atoms with E-state index in [2.05, 4.69) is 4.98 Å². The van der Waals surface area contributed by atoms with Crippen molar-refractivity contribution in [1.29, 1.82) is 0 Å². The van der Waals surface area contributed by atoms with Crippen LogP contribution >= 0.6 is 0 Å². The van der Waals surface area contributed by atoms with Gasteiger partial charge < -0.3 is 10.1 Å². The van der Waals surface area contributed by atoms with Gasteiger partial charge in [-0.3, -0.25) is 4.57 Å². The molecule has 0 radical (unpaired) electrons. The van der Waals surface area contributed by atoms with Crippen LogP contribution in [0.1, 0.15) is 42.6 Å². The maximum Gasteiger partial charge on any atom is 0.337 e. The summed E-state index contributed by atoms with van der Waals surface area (Å²) in [6, 6.07) is 5.11. The van der Waals surface area contributed by atoms with E-state index < -0.39 is 5.97 Å². The summed E-state index contributed by atoms with van der Waals surface area (Å²) >= 11 is 0. The van der Waals surface area contributed by atoms with Gasteiger partial charge in [-0.15, -0.1) is 0 Å². The molecule has 100 valence electrons. The molecular weight excluding hydrogens is 244 g/mol. The fraction of sp³-hybridized carbons (Fsp3) is 0.429. The topological polar surface area (TPSA) is 75.1 Å². The zero-order chi connectivity index (χ0) is 13.6. The van der Waals surface area contributed by atoms with Crippen molar-refractivity contribution in [3.05, 3.63) is 34.2 Å². The number of carboxylic acid groups (broad SMARTS) is 1. The van der Waals surface area contributed by atoms with E-state index in [1.807, 2.05) is 6.92 Å². The highest BCUT2D eigenvalue weighted by molar-refractivity contribution is 6.00. The van der Waals surface area contributed by atoms with Gasteiger partial charge in [-0.25, -0.2) is 9.59 Å². The summed E-state index contributed by atoms with van der Waals surface area (Å²) in [4.78, 5) is 26.0. The fourth-order valence-corrected chi connectivity index (χ4v) is 2.86. The molecule has 1 aliphatic rings. The Morgan fingerprint density at radius 3 is 2.79 bits per heavy atom. The molecule has 1 unspecified atom stereocenters. The standard InChI is InChI=1S/C14H16N2O3/c1-8(9-4-2-5-9)16-11-7-3-6-10(13(17)18)12(11)15-14(16)19/h3,6-9H,2,4-5H2,1H3,(H,15,19)(H,17,18). The van der Waals surface area contributed by atoms with Gasteiger partial charge in [0.25, 0.3) is 0 Å². The lowest BCUT2D eigenvalue weighted by Crippen LogP contribution is -2.29. The summed E-state index contributed by atoms with van der Waals surface area (Å²) in [5.41, 5.74) is 1.03. The van der Waals surface area contributed by atoms with Crippen molar-refractivity contribution >= 4 is 17.0 Å². The largest absolute Gasteiger partial charge is 0.478 e. The Labute approximate surface area is 109 Å². The molecular formula is C14H16N2O3. The SMILES string of the molecule is CC(C1CCC1)n1c(=O)[nH]c2c(C(=O)O)cccc21. The summed E-state index contributed by atoms with van der Waals surface area (Å²) < 4.78 is 1.70. The number of para-hydroxylation sites is 1. The van der Waals surface area contributed by atoms with Crippen molar-refractivity contribution in [3.8, 4) is 0 Å². The molecule has 5 nitrogen and oxygen atoms in total. The molecule has 2 aromatic rings. The molecule has 1 aromatic carbocycles. The molecule has 0 saturated heterocycles. The lowest BCUT2D eigenvalue weighted by atomic mass is 9.80. The minimum Gasteiger partial charge on any atom is -0.478 e. The second-order valence-electron chi connectivity index (χ2n) is 5.24. The Morgan fingerprint density at radius 2 is 2.21 bits per heavy atom. The van der Waals surface area contributed by atoms with Gasteiger partial charge in [0.2, 0.25) is 0 Å². The Balaban J connectivity index is 2.20. The van der Waals surface area contributed by atoms with Gasteiger partial charge in [0.05, 0.1) is 16.6 Å². The van der Waals surface area contributed by atoms with Crippen LogP contribution in [0.25, 0.3) is 11.0 Å². The molecule has 1 saturated carbocycles. The minimum absolute atomic E-state index is 0.110. The quantitative estimate of drug-likeness (QED) is 0.889. The van der Waals surface area contributed by atoms with E-state index in [1.165, 1.54) is 12.5 Å². The van der Waals surface area contributed by atoms with E-state index in [-0.39, 0.29) is 17.3 Å². The Kier molecular flexibility index (Phi) is 2.69. The maximum absolute atomic E-state index is 12.1. The zero-order valence-electron chi connectivity index (χ0n) is 10.7. The van der Waals surface area contributed by atoms with Crippen molar-refractivity contribution < 1.29 is 9.90 Å². The lowest BCUT2D eigenvalue weighted by Gasteiger charge is -2.32. The summed E-state index contributed by atoms with van der Waals surface area (Å²) in [7, 11) is 0. The molecule has 0 aliphatic heterocycles. The molecule has 0 amide bonds. The van der Waals surface area contributed by atoms with E-state index in [0.717, 1.165) is 12.8 Å². The molecule has 0 spiro atoms. The Morgan fingerprint density at radius 1 is 1.47 bits per heavy atom. The van der Waals surface area contributed by atoms with E-state index >= 15 is 0 Å². The fourth-order valence-electron chi connectivity index (χ4n) is 2.86. The van der Waals surface area contributed by atoms with Gasteiger partial charge in [0, 0.05) is 6.04 Å². The van der Waals surface area contributed by atoms with Gasteiger partial charge in [-0.2, -0.15) is 0 Å². The number of H-pyrrole nitrogens is 1. The number of imidazole rings is 1. The normalized spacial score (nSPS) is 17.3. The van der Waals surface area contributed by atoms with Crippen LogP contribution in [0, 0.1) is 5.92 Å². The number of fused-ring (bicyclic) bond motifs is 1. The van der Waals surface area contributed by atoms with E-state index in [0.29, 0.717) is 17.0 Å². The first kappa shape index (κ1) is 12.0. The highest BCUT2D eigenvalue weighted by Crippen LogP contribution is 2.36. The summed E-state index contributed by atoms with van der Waals surface area (Å²) in [5, 5.41) is 9.16. The molecule has 19 heavy (non-hydrogen) atoms. The number of nitrogens with one attached hydrogen (secondary N) is 1. The molecule has 1 aliphatic carbocycles. The first-order valence-electron chi connectivity index (χ1n) is 6.56. The minimum atomic E-state index is -1.02. The van der Waals surface area contributed by atoms with Crippen LogP contribution in [0.15, 0.2) is 23.0 Å². The van der Waals surface area contributed by atoms with Crippen molar-refractivity contribution in [2.24, 2.45) is 5.92 Å². The number of nitrogens with zero attached hydrogens (tertiary/aromatic N) is 1. The highest BCUT2D eigenvalue weighted by atomic mass is 16.4. The molecule has 5 heteroatoms. The smallest absolute Gasteiger partial charge is 0.337 e. The van der Waals surface area contributed by atoms with Crippen LogP contribution in [-0.4, -0.2) is 20.6 Å². The number of rotatable bonds is 3.